The molecule has 4 nitrogen and oxygen atoms in total. The number of unbranched alkanes of at least 4 members (excludes halogenated alkanes) is 14. The maximum atomic E-state index is 5.99. The predicted octanol–water partition coefficient (Wildman–Crippen LogP) is 4.86. The van der Waals surface area contributed by atoms with Gasteiger partial charge in [0, 0.05) is 28.6 Å². The van der Waals surface area contributed by atoms with E-state index in [0.29, 0.717) is 5.54 Å². The molecule has 0 aromatic carbocycles. The molecule has 0 aliphatic heterocycles. The number of hydroxylamine groups is 3. The first-order valence-electron chi connectivity index (χ1n) is 14.1. The van der Waals surface area contributed by atoms with Gasteiger partial charge >= 0.3 is 0 Å². The van der Waals surface area contributed by atoms with Gasteiger partial charge in [-0.25, -0.2) is 0 Å². The molecule has 0 fully saturated rings. The van der Waals surface area contributed by atoms with Crippen LogP contribution in [0.3, 0.4) is 0 Å². The highest BCUT2D eigenvalue weighted by molar-refractivity contribution is 6.12. The second kappa shape index (κ2) is 22.8. The quantitative estimate of drug-likeness (QED) is 0.0804. The molecule has 0 aliphatic carbocycles. The minimum absolute atomic E-state index is 0. The molecule has 202 valence electrons. The van der Waals surface area contributed by atoms with Crippen LogP contribution in [0.25, 0.3) is 0 Å². The molecule has 0 saturated heterocycles. The van der Waals surface area contributed by atoms with Gasteiger partial charge in [0.15, 0.2) is 5.54 Å². The van der Waals surface area contributed by atoms with Crippen LogP contribution >= 0.6 is 0 Å². The molecule has 1 unspecified atom stereocenters. The van der Waals surface area contributed by atoms with Crippen molar-refractivity contribution in [2.24, 2.45) is 0 Å². The first kappa shape index (κ1) is 35.5. The number of quaternary nitrogens is 1. The molecule has 0 radical (unpaired) electrons. The molecule has 0 rings (SSSR count). The summed E-state index contributed by atoms with van der Waals surface area (Å²) in [6.45, 7) is 6.90. The van der Waals surface area contributed by atoms with Gasteiger partial charge in [0.05, 0.1) is 4.97 Å². The molecule has 0 bridgehead atoms. The zero-order valence-corrected chi connectivity index (χ0v) is 26.3. The van der Waals surface area contributed by atoms with Gasteiger partial charge in [-0.3, -0.25) is 0 Å². The summed E-state index contributed by atoms with van der Waals surface area (Å²) in [6, 6.07) is 0. The van der Waals surface area contributed by atoms with Crippen LogP contribution < -0.4 is 12.4 Å². The van der Waals surface area contributed by atoms with Crippen LogP contribution in [0.15, 0.2) is 0 Å². The zero-order valence-electron chi connectivity index (χ0n) is 23.6. The Morgan fingerprint density at radius 2 is 0.879 bits per heavy atom. The first-order valence-corrected chi connectivity index (χ1v) is 15.3. The summed E-state index contributed by atoms with van der Waals surface area (Å²) in [5.74, 6) is 0. The highest BCUT2D eigenvalue weighted by atomic mass is 35.5. The molecule has 0 aromatic rings. The van der Waals surface area contributed by atoms with Crippen molar-refractivity contribution in [3.63, 3.8) is 0 Å². The van der Waals surface area contributed by atoms with E-state index in [0.717, 1.165) is 29.5 Å². The summed E-state index contributed by atoms with van der Waals surface area (Å²) in [5.41, 5.74) is 0.486. The molecule has 6 heteroatoms. The van der Waals surface area contributed by atoms with Crippen molar-refractivity contribution in [1.82, 2.24) is 0 Å². The Balaban J connectivity index is 0. The van der Waals surface area contributed by atoms with E-state index in [2.05, 4.69) is 20.8 Å². The van der Waals surface area contributed by atoms with Gasteiger partial charge in [0.25, 0.3) is 0 Å². The third-order valence-corrected chi connectivity index (χ3v) is 9.61. The second-order valence-electron chi connectivity index (χ2n) is 9.91. The SMILES string of the molecule is CCCCCCCCCCC(CCCCCCCCCC)(C([SiH3])CC)[N+](OC)(OC)OC.[Cl-]. The Bertz CT molecular complexity index is 383. The minimum atomic E-state index is -0.109. The van der Waals surface area contributed by atoms with E-state index < -0.39 is 0 Å². The highest BCUT2D eigenvalue weighted by Crippen LogP contribution is 2.45. The summed E-state index contributed by atoms with van der Waals surface area (Å²) in [5, 5.41) is 0. The van der Waals surface area contributed by atoms with E-state index in [9.17, 15) is 0 Å². The normalized spacial score (nSPS) is 13.3. The lowest BCUT2D eigenvalue weighted by Gasteiger charge is -2.46. The summed E-state index contributed by atoms with van der Waals surface area (Å²) in [7, 11) is 6.36. The fraction of sp³-hybridized carbons (Fsp3) is 1.00. The van der Waals surface area contributed by atoms with Gasteiger partial charge < -0.3 is 12.4 Å². The number of hydrogen-bond acceptors (Lipinski definition) is 3. The van der Waals surface area contributed by atoms with Crippen LogP contribution in [-0.4, -0.2) is 42.1 Å². The fourth-order valence-corrected chi connectivity index (χ4v) is 6.33. The Hall–Kier alpha value is 0.347. The Morgan fingerprint density at radius 3 is 1.15 bits per heavy atom. The second-order valence-corrected chi connectivity index (χ2v) is 11.3. The number of nitrogens with zero attached hydrogens (tertiary/aromatic N) is 1. The smallest absolute Gasteiger partial charge is 0.196 e. The molecule has 0 saturated carbocycles. The third kappa shape index (κ3) is 12.7. The van der Waals surface area contributed by atoms with Gasteiger partial charge in [-0.1, -0.05) is 117 Å². The van der Waals surface area contributed by atoms with Crippen LogP contribution in [0.1, 0.15) is 143 Å². The third-order valence-electron chi connectivity index (χ3n) is 7.72. The molecular formula is C27H60ClNO3Si. The van der Waals surface area contributed by atoms with Crippen LogP contribution in [0, 0.1) is 0 Å². The lowest BCUT2D eigenvalue weighted by molar-refractivity contribution is -1.39. The lowest BCUT2D eigenvalue weighted by atomic mass is 9.82. The van der Waals surface area contributed by atoms with Crippen LogP contribution in [0.2, 0.25) is 5.54 Å². The van der Waals surface area contributed by atoms with Gasteiger partial charge in [-0.15, -0.1) is 14.5 Å². The Kier molecular flexibility index (Phi) is 24.5. The van der Waals surface area contributed by atoms with E-state index in [1.54, 1.807) is 21.3 Å². The molecule has 0 N–H and O–H groups in total. The monoisotopic (exact) mass is 509 g/mol. The Morgan fingerprint density at radius 1 is 0.576 bits per heavy atom. The molecule has 0 spiro atoms. The van der Waals surface area contributed by atoms with E-state index in [1.807, 2.05) is 0 Å². The van der Waals surface area contributed by atoms with Crippen molar-refractivity contribution in [3.05, 3.63) is 0 Å². The van der Waals surface area contributed by atoms with E-state index in [-0.39, 0.29) is 22.9 Å². The molecule has 0 aromatic heterocycles. The van der Waals surface area contributed by atoms with E-state index in [1.165, 1.54) is 103 Å². The summed E-state index contributed by atoms with van der Waals surface area (Å²) in [4.78, 5) is 17.8. The van der Waals surface area contributed by atoms with Crippen molar-refractivity contribution in [2.75, 3.05) is 21.3 Å². The zero-order chi connectivity index (χ0) is 24.1. The van der Waals surface area contributed by atoms with Crippen molar-refractivity contribution in [3.8, 4) is 0 Å². The summed E-state index contributed by atoms with van der Waals surface area (Å²) < 4.78 is 0. The summed E-state index contributed by atoms with van der Waals surface area (Å²) in [6.07, 6.45) is 24.9. The van der Waals surface area contributed by atoms with Crippen LogP contribution in [0.5, 0.6) is 0 Å². The van der Waals surface area contributed by atoms with Crippen molar-refractivity contribution in [1.29, 1.82) is 0 Å². The fourth-order valence-electron chi connectivity index (χ4n) is 5.44. The molecule has 0 aliphatic rings. The topological polar surface area (TPSA) is 27.7 Å². The molecule has 1 atom stereocenters. The van der Waals surface area contributed by atoms with Crippen molar-refractivity contribution in [2.45, 2.75) is 154 Å². The van der Waals surface area contributed by atoms with E-state index in [4.69, 9.17) is 14.5 Å². The van der Waals surface area contributed by atoms with Crippen LogP contribution in [-0.2, 0) is 14.5 Å². The Labute approximate surface area is 217 Å². The lowest BCUT2D eigenvalue weighted by Crippen LogP contribution is -3.00. The van der Waals surface area contributed by atoms with Gasteiger partial charge in [0.2, 0.25) is 0 Å². The maximum Gasteiger partial charge on any atom is 0.196 e. The number of rotatable bonds is 24. The van der Waals surface area contributed by atoms with Crippen molar-refractivity contribution >= 4 is 10.2 Å². The average molecular weight is 510 g/mol. The number of halogens is 1. The number of hydrogen-bond donors (Lipinski definition) is 0. The van der Waals surface area contributed by atoms with Crippen LogP contribution in [0.4, 0.5) is 0 Å². The molecule has 0 amide bonds. The first-order chi connectivity index (χ1) is 15.5. The molecule has 33 heavy (non-hydrogen) atoms. The average Bonchev–Trinajstić information content (AvgIpc) is 2.82. The van der Waals surface area contributed by atoms with Crippen molar-refractivity contribution < 1.29 is 31.9 Å². The maximum absolute atomic E-state index is 5.99. The van der Waals surface area contributed by atoms with Gasteiger partial charge in [-0.05, 0) is 12.8 Å². The molecule has 0 heterocycles. The van der Waals surface area contributed by atoms with Gasteiger partial charge in [0.1, 0.15) is 21.3 Å². The minimum Gasteiger partial charge on any atom is -1.00 e. The standard InChI is InChI=1S/C27H60NO3Si.ClH/c1-7-10-12-14-16-18-20-22-24-27(26(32)9-3,28(29-4,30-5)31-6)25-23-21-19-17-15-13-11-8-2;/h26H,7-25H2,1-6,32H3;1H/q+1;/p-1. The predicted molar refractivity (Wildman–Crippen MR) is 142 cm³/mol. The highest BCUT2D eigenvalue weighted by Gasteiger charge is 2.59. The summed E-state index contributed by atoms with van der Waals surface area (Å²) >= 11 is 0. The molecular weight excluding hydrogens is 450 g/mol. The van der Waals surface area contributed by atoms with Gasteiger partial charge in [-0.2, -0.15) is 0 Å². The van der Waals surface area contributed by atoms with E-state index >= 15 is 0 Å². The largest absolute Gasteiger partial charge is 1.00 e.